The summed E-state index contributed by atoms with van der Waals surface area (Å²) in [5, 5.41) is 15.5. The normalized spacial score (nSPS) is 12.5. The lowest BCUT2D eigenvalue weighted by molar-refractivity contribution is -0.129. The van der Waals surface area contributed by atoms with Gasteiger partial charge in [0.05, 0.1) is 6.21 Å². The highest BCUT2D eigenvalue weighted by Gasteiger charge is 2.15. The summed E-state index contributed by atoms with van der Waals surface area (Å²) in [7, 11) is 0. The quantitative estimate of drug-likeness (QED) is 0.652. The molecule has 2 rings (SSSR count). The Morgan fingerprint density at radius 3 is 2.72 bits per heavy atom. The average molecular weight is 260 g/mol. The smallest absolute Gasteiger partial charge is 0.273 e. The van der Waals surface area contributed by atoms with E-state index >= 15 is 0 Å². The Morgan fingerprint density at radius 2 is 2.06 bits per heavy atom. The molecule has 0 aliphatic heterocycles. The van der Waals surface area contributed by atoms with Gasteiger partial charge in [-0.3, -0.25) is 4.79 Å². The molecule has 0 spiro atoms. The molecule has 2 aromatic rings. The van der Waals surface area contributed by atoms with Gasteiger partial charge in [0.1, 0.15) is 0 Å². The van der Waals surface area contributed by atoms with Crippen molar-refractivity contribution in [2.45, 2.75) is 6.10 Å². The van der Waals surface area contributed by atoms with Crippen molar-refractivity contribution in [2.24, 2.45) is 5.10 Å². The summed E-state index contributed by atoms with van der Waals surface area (Å²) in [6.45, 7) is 0. The summed E-state index contributed by atoms with van der Waals surface area (Å²) >= 11 is 1.52. The number of hydrogen-bond acceptors (Lipinski definition) is 4. The number of carbonyl (C=O) groups excluding carboxylic acids is 1. The van der Waals surface area contributed by atoms with E-state index in [4.69, 9.17) is 0 Å². The molecule has 92 valence electrons. The summed E-state index contributed by atoms with van der Waals surface area (Å²) in [6.07, 6.45) is 0.340. The SMILES string of the molecule is O=C(N/N=C/c1cccs1)C(O)c1ccccc1. The molecule has 2 N–H and O–H groups in total. The zero-order chi connectivity index (χ0) is 12.8. The number of aliphatic hydroxyl groups is 1. The summed E-state index contributed by atoms with van der Waals surface area (Å²) in [5.74, 6) is -0.547. The molecule has 1 amide bonds. The van der Waals surface area contributed by atoms with Gasteiger partial charge in [0.25, 0.3) is 5.91 Å². The number of rotatable bonds is 4. The van der Waals surface area contributed by atoms with Gasteiger partial charge in [0, 0.05) is 4.88 Å². The van der Waals surface area contributed by atoms with E-state index in [1.807, 2.05) is 23.6 Å². The monoisotopic (exact) mass is 260 g/mol. The van der Waals surface area contributed by atoms with E-state index in [9.17, 15) is 9.90 Å². The van der Waals surface area contributed by atoms with Crippen LogP contribution in [0.4, 0.5) is 0 Å². The molecule has 1 unspecified atom stereocenters. The van der Waals surface area contributed by atoms with E-state index in [1.54, 1.807) is 30.5 Å². The molecule has 5 heteroatoms. The van der Waals surface area contributed by atoms with Gasteiger partial charge in [-0.1, -0.05) is 36.4 Å². The first-order valence-electron chi connectivity index (χ1n) is 5.37. The molecule has 1 heterocycles. The van der Waals surface area contributed by atoms with Gasteiger partial charge in [0.2, 0.25) is 0 Å². The second-order valence-electron chi connectivity index (χ2n) is 3.56. The van der Waals surface area contributed by atoms with Gasteiger partial charge < -0.3 is 5.11 Å². The van der Waals surface area contributed by atoms with E-state index < -0.39 is 12.0 Å². The predicted octanol–water partition coefficient (Wildman–Crippen LogP) is 1.93. The zero-order valence-electron chi connectivity index (χ0n) is 9.48. The largest absolute Gasteiger partial charge is 0.378 e. The third-order valence-electron chi connectivity index (χ3n) is 2.27. The Bertz CT molecular complexity index is 523. The second-order valence-corrected chi connectivity index (χ2v) is 4.54. The number of amides is 1. The van der Waals surface area contributed by atoms with E-state index in [0.29, 0.717) is 5.56 Å². The minimum Gasteiger partial charge on any atom is -0.378 e. The average Bonchev–Trinajstić information content (AvgIpc) is 2.92. The first-order chi connectivity index (χ1) is 8.77. The van der Waals surface area contributed by atoms with Crippen LogP contribution >= 0.6 is 11.3 Å². The Labute approximate surface area is 109 Å². The topological polar surface area (TPSA) is 61.7 Å². The van der Waals surface area contributed by atoms with Crippen LogP contribution in [-0.2, 0) is 4.79 Å². The van der Waals surface area contributed by atoms with Crippen LogP contribution in [0.25, 0.3) is 0 Å². The molecule has 0 radical (unpaired) electrons. The molecular weight excluding hydrogens is 248 g/mol. The molecule has 0 aliphatic rings. The van der Waals surface area contributed by atoms with E-state index in [2.05, 4.69) is 10.5 Å². The summed E-state index contributed by atoms with van der Waals surface area (Å²) in [6, 6.07) is 12.5. The summed E-state index contributed by atoms with van der Waals surface area (Å²) in [5.41, 5.74) is 2.85. The van der Waals surface area contributed by atoms with Crippen LogP contribution < -0.4 is 5.43 Å². The van der Waals surface area contributed by atoms with Crippen LogP contribution in [0.15, 0.2) is 52.9 Å². The maximum atomic E-state index is 11.6. The molecule has 0 bridgehead atoms. The van der Waals surface area contributed by atoms with Gasteiger partial charge in [-0.15, -0.1) is 11.3 Å². The van der Waals surface area contributed by atoms with Crippen molar-refractivity contribution in [3.63, 3.8) is 0 Å². The fourth-order valence-electron chi connectivity index (χ4n) is 1.37. The van der Waals surface area contributed by atoms with Crippen molar-refractivity contribution >= 4 is 23.5 Å². The molecule has 0 saturated carbocycles. The first-order valence-corrected chi connectivity index (χ1v) is 6.25. The van der Waals surface area contributed by atoms with Crippen LogP contribution in [0, 0.1) is 0 Å². The number of carbonyl (C=O) groups is 1. The lowest BCUT2D eigenvalue weighted by Crippen LogP contribution is -2.25. The van der Waals surface area contributed by atoms with Crippen LogP contribution in [0.1, 0.15) is 16.5 Å². The van der Waals surface area contributed by atoms with E-state index in [1.165, 1.54) is 11.3 Å². The highest BCUT2D eigenvalue weighted by Crippen LogP contribution is 2.11. The zero-order valence-corrected chi connectivity index (χ0v) is 10.3. The maximum Gasteiger partial charge on any atom is 0.273 e. The minimum atomic E-state index is -1.20. The number of thiophene rings is 1. The number of aliphatic hydroxyl groups excluding tert-OH is 1. The van der Waals surface area contributed by atoms with Crippen molar-refractivity contribution in [1.82, 2.24) is 5.43 Å². The molecule has 4 nitrogen and oxygen atoms in total. The molecule has 1 aromatic carbocycles. The van der Waals surface area contributed by atoms with Crippen LogP contribution in [0.3, 0.4) is 0 Å². The Balaban J connectivity index is 1.92. The van der Waals surface area contributed by atoms with Crippen LogP contribution in [0.5, 0.6) is 0 Å². The van der Waals surface area contributed by atoms with Crippen molar-refractivity contribution in [2.75, 3.05) is 0 Å². The van der Waals surface area contributed by atoms with E-state index in [0.717, 1.165) is 4.88 Å². The van der Waals surface area contributed by atoms with Gasteiger partial charge >= 0.3 is 0 Å². The van der Waals surface area contributed by atoms with E-state index in [-0.39, 0.29) is 0 Å². The van der Waals surface area contributed by atoms with Crippen molar-refractivity contribution in [3.8, 4) is 0 Å². The number of nitrogens with one attached hydrogen (secondary N) is 1. The molecule has 0 fully saturated rings. The maximum absolute atomic E-state index is 11.6. The predicted molar refractivity (Wildman–Crippen MR) is 71.5 cm³/mol. The number of hydrogen-bond donors (Lipinski definition) is 2. The van der Waals surface area contributed by atoms with Crippen molar-refractivity contribution < 1.29 is 9.90 Å². The fourth-order valence-corrected chi connectivity index (χ4v) is 1.96. The molecular formula is C13H12N2O2S. The first kappa shape index (κ1) is 12.5. The van der Waals surface area contributed by atoms with Crippen molar-refractivity contribution in [1.29, 1.82) is 0 Å². The third-order valence-corrected chi connectivity index (χ3v) is 3.08. The van der Waals surface area contributed by atoms with Crippen LogP contribution in [-0.4, -0.2) is 17.2 Å². The standard InChI is InChI=1S/C13H12N2O2S/c16-12(10-5-2-1-3-6-10)13(17)15-14-9-11-7-4-8-18-11/h1-9,12,16H,(H,15,17)/b14-9+. The van der Waals surface area contributed by atoms with Gasteiger partial charge in [-0.05, 0) is 17.0 Å². The Hall–Kier alpha value is -1.98. The second kappa shape index (κ2) is 6.09. The number of nitrogens with zero attached hydrogens (tertiary/aromatic N) is 1. The fraction of sp³-hybridized carbons (Fsp3) is 0.0769. The Morgan fingerprint density at radius 1 is 1.28 bits per heavy atom. The highest BCUT2D eigenvalue weighted by atomic mass is 32.1. The minimum absolute atomic E-state index is 0.543. The van der Waals surface area contributed by atoms with Crippen molar-refractivity contribution in [3.05, 3.63) is 58.3 Å². The van der Waals surface area contributed by atoms with Gasteiger partial charge in [-0.25, -0.2) is 5.43 Å². The highest BCUT2D eigenvalue weighted by molar-refractivity contribution is 7.11. The summed E-state index contributed by atoms with van der Waals surface area (Å²) in [4.78, 5) is 12.5. The molecule has 0 saturated heterocycles. The van der Waals surface area contributed by atoms with Crippen LogP contribution in [0.2, 0.25) is 0 Å². The molecule has 1 aromatic heterocycles. The van der Waals surface area contributed by atoms with Gasteiger partial charge in [0.15, 0.2) is 6.10 Å². The molecule has 1 atom stereocenters. The third kappa shape index (κ3) is 3.26. The summed E-state index contributed by atoms with van der Waals surface area (Å²) < 4.78 is 0. The Kier molecular flexibility index (Phi) is 4.22. The van der Waals surface area contributed by atoms with Gasteiger partial charge in [-0.2, -0.15) is 5.10 Å². The molecule has 18 heavy (non-hydrogen) atoms. The number of hydrazone groups is 1. The lowest BCUT2D eigenvalue weighted by atomic mass is 10.1. The number of benzene rings is 1. The molecule has 0 aliphatic carbocycles. The lowest BCUT2D eigenvalue weighted by Gasteiger charge is -2.08.